The number of benzene rings is 1. The Hall–Kier alpha value is -2.50. The molecule has 0 fully saturated rings. The summed E-state index contributed by atoms with van der Waals surface area (Å²) < 4.78 is 12.8. The molecule has 2 N–H and O–H groups in total. The van der Waals surface area contributed by atoms with Gasteiger partial charge in [-0.2, -0.15) is 5.10 Å². The van der Waals surface area contributed by atoms with E-state index in [0.717, 1.165) is 5.56 Å². The van der Waals surface area contributed by atoms with Crippen LogP contribution in [0.15, 0.2) is 24.3 Å². The van der Waals surface area contributed by atoms with Gasteiger partial charge in [-0.3, -0.25) is 0 Å². The van der Waals surface area contributed by atoms with Crippen LogP contribution in [0.4, 0.5) is 10.2 Å². The molecule has 0 radical (unpaired) electrons. The number of hydrogen-bond acceptors (Lipinski definition) is 4. The lowest BCUT2D eigenvalue weighted by atomic mass is 10.1. The second-order valence-electron chi connectivity index (χ2n) is 4.74. The van der Waals surface area contributed by atoms with E-state index < -0.39 is 5.97 Å². The zero-order chi connectivity index (χ0) is 15.4. The summed E-state index contributed by atoms with van der Waals surface area (Å²) in [6.45, 7) is 3.92. The molecule has 0 aliphatic carbocycles. The van der Waals surface area contributed by atoms with E-state index in [0.29, 0.717) is 24.2 Å². The van der Waals surface area contributed by atoms with Crippen LogP contribution < -0.4 is 5.32 Å². The van der Waals surface area contributed by atoms with Crippen LogP contribution in [0.5, 0.6) is 0 Å². The van der Waals surface area contributed by atoms with Crippen molar-refractivity contribution in [3.8, 4) is 0 Å². The third kappa shape index (κ3) is 3.53. The number of aromatic nitrogens is 2. The third-order valence-electron chi connectivity index (χ3n) is 3.29. The van der Waals surface area contributed by atoms with E-state index in [4.69, 9.17) is 0 Å². The Morgan fingerprint density at radius 3 is 2.52 bits per heavy atom. The number of aryl methyl sites for hydroxylation is 1. The number of halogens is 1. The van der Waals surface area contributed by atoms with Gasteiger partial charge in [-0.15, -0.1) is 5.10 Å². The first-order valence-corrected chi connectivity index (χ1v) is 6.54. The second kappa shape index (κ2) is 6.30. The predicted molar refractivity (Wildman–Crippen MR) is 77.1 cm³/mol. The number of hydrogen-bond donors (Lipinski definition) is 2. The van der Waals surface area contributed by atoms with Gasteiger partial charge in [-0.05, 0) is 43.5 Å². The van der Waals surface area contributed by atoms with Gasteiger partial charge in [0, 0.05) is 6.54 Å². The average Bonchev–Trinajstić information content (AvgIpc) is 2.44. The zero-order valence-corrected chi connectivity index (χ0v) is 11.9. The van der Waals surface area contributed by atoms with Gasteiger partial charge >= 0.3 is 5.97 Å². The summed E-state index contributed by atoms with van der Waals surface area (Å²) in [5.74, 6) is -1.05. The number of nitrogens with zero attached hydrogens (tertiary/aromatic N) is 2. The van der Waals surface area contributed by atoms with Crippen LogP contribution in [0.2, 0.25) is 0 Å². The maximum absolute atomic E-state index is 12.8. The molecule has 5 nitrogen and oxygen atoms in total. The van der Waals surface area contributed by atoms with E-state index in [1.165, 1.54) is 12.1 Å². The zero-order valence-electron chi connectivity index (χ0n) is 11.9. The van der Waals surface area contributed by atoms with Crippen molar-refractivity contribution in [1.82, 2.24) is 10.2 Å². The van der Waals surface area contributed by atoms with Crippen molar-refractivity contribution >= 4 is 11.8 Å². The average molecular weight is 289 g/mol. The highest BCUT2D eigenvalue weighted by atomic mass is 19.1. The number of carboxylic acids is 1. The van der Waals surface area contributed by atoms with E-state index in [1.807, 2.05) is 0 Å². The van der Waals surface area contributed by atoms with Crippen LogP contribution >= 0.6 is 0 Å². The Morgan fingerprint density at radius 1 is 1.24 bits per heavy atom. The molecule has 2 aromatic rings. The lowest BCUT2D eigenvalue weighted by Crippen LogP contribution is -2.14. The van der Waals surface area contributed by atoms with Crippen LogP contribution in [-0.4, -0.2) is 27.8 Å². The van der Waals surface area contributed by atoms with E-state index in [2.05, 4.69) is 15.5 Å². The molecule has 0 unspecified atom stereocenters. The minimum atomic E-state index is -1.03. The van der Waals surface area contributed by atoms with Gasteiger partial charge in [0.2, 0.25) is 0 Å². The minimum absolute atomic E-state index is 0.140. The summed E-state index contributed by atoms with van der Waals surface area (Å²) in [5.41, 5.74) is 2.29. The Balaban J connectivity index is 2.08. The summed E-state index contributed by atoms with van der Waals surface area (Å²) in [5, 5.41) is 20.1. The van der Waals surface area contributed by atoms with Gasteiger partial charge in [-0.25, -0.2) is 9.18 Å². The van der Waals surface area contributed by atoms with Crippen LogP contribution in [0, 0.1) is 19.7 Å². The molecule has 0 aliphatic heterocycles. The maximum Gasteiger partial charge on any atom is 0.339 e. The number of carbonyl (C=O) groups is 1. The van der Waals surface area contributed by atoms with E-state index in [-0.39, 0.29) is 17.2 Å². The summed E-state index contributed by atoms with van der Waals surface area (Å²) in [6.07, 6.45) is 0.633. The molecule has 21 heavy (non-hydrogen) atoms. The molecule has 1 aromatic heterocycles. The summed E-state index contributed by atoms with van der Waals surface area (Å²) >= 11 is 0. The minimum Gasteiger partial charge on any atom is -0.478 e. The molecule has 1 heterocycles. The Morgan fingerprint density at radius 2 is 1.90 bits per heavy atom. The number of nitrogens with one attached hydrogen (secondary N) is 1. The van der Waals surface area contributed by atoms with Crippen LogP contribution in [0.1, 0.15) is 27.2 Å². The van der Waals surface area contributed by atoms with Crippen molar-refractivity contribution < 1.29 is 14.3 Å². The van der Waals surface area contributed by atoms with E-state index in [9.17, 15) is 14.3 Å². The molecule has 6 heteroatoms. The first-order valence-electron chi connectivity index (χ1n) is 6.54. The maximum atomic E-state index is 12.8. The molecule has 0 amide bonds. The fourth-order valence-corrected chi connectivity index (χ4v) is 1.97. The smallest absolute Gasteiger partial charge is 0.339 e. The van der Waals surface area contributed by atoms with Crippen molar-refractivity contribution in [2.24, 2.45) is 0 Å². The molecule has 2 rings (SSSR count). The first-order chi connectivity index (χ1) is 9.99. The first kappa shape index (κ1) is 14.9. The summed E-state index contributed by atoms with van der Waals surface area (Å²) in [7, 11) is 0. The molecule has 0 saturated carbocycles. The Kier molecular flexibility index (Phi) is 4.47. The van der Waals surface area contributed by atoms with Crippen molar-refractivity contribution in [1.29, 1.82) is 0 Å². The monoisotopic (exact) mass is 289 g/mol. The highest BCUT2D eigenvalue weighted by Crippen LogP contribution is 2.18. The highest BCUT2D eigenvalue weighted by Gasteiger charge is 2.17. The molecule has 0 spiro atoms. The molecule has 0 saturated heterocycles. The van der Waals surface area contributed by atoms with Gasteiger partial charge < -0.3 is 10.4 Å². The lowest BCUT2D eigenvalue weighted by Gasteiger charge is -2.11. The van der Waals surface area contributed by atoms with Gasteiger partial charge in [0.25, 0.3) is 0 Å². The summed E-state index contributed by atoms with van der Waals surface area (Å²) in [4.78, 5) is 11.3. The highest BCUT2D eigenvalue weighted by molar-refractivity contribution is 5.94. The quantitative estimate of drug-likeness (QED) is 0.885. The van der Waals surface area contributed by atoms with Crippen molar-refractivity contribution in [2.45, 2.75) is 20.3 Å². The van der Waals surface area contributed by atoms with Crippen molar-refractivity contribution in [3.05, 3.63) is 52.5 Å². The summed E-state index contributed by atoms with van der Waals surface area (Å²) in [6, 6.07) is 6.18. The third-order valence-corrected chi connectivity index (χ3v) is 3.29. The van der Waals surface area contributed by atoms with Crippen molar-refractivity contribution in [2.75, 3.05) is 11.9 Å². The molecule has 0 atom stereocenters. The fraction of sp³-hybridized carbons (Fsp3) is 0.267. The fourth-order valence-electron chi connectivity index (χ4n) is 1.97. The topological polar surface area (TPSA) is 75.1 Å². The number of anilines is 1. The molecule has 1 aromatic carbocycles. The SMILES string of the molecule is Cc1nnc(NCCc2ccc(F)cc2)c(C(=O)O)c1C. The van der Waals surface area contributed by atoms with Crippen LogP contribution in [-0.2, 0) is 6.42 Å². The van der Waals surface area contributed by atoms with Gasteiger partial charge in [0.05, 0.1) is 5.69 Å². The molecule has 0 bridgehead atoms. The van der Waals surface area contributed by atoms with Gasteiger partial charge in [0.1, 0.15) is 11.4 Å². The lowest BCUT2D eigenvalue weighted by molar-refractivity contribution is 0.0696. The van der Waals surface area contributed by atoms with E-state index in [1.54, 1.807) is 26.0 Å². The molecule has 110 valence electrons. The van der Waals surface area contributed by atoms with Crippen molar-refractivity contribution in [3.63, 3.8) is 0 Å². The second-order valence-corrected chi connectivity index (χ2v) is 4.74. The number of rotatable bonds is 5. The molecule has 0 aliphatic rings. The normalized spacial score (nSPS) is 10.4. The predicted octanol–water partition coefficient (Wildman–Crippen LogP) is 2.59. The standard InChI is InChI=1S/C15H16FN3O2/c1-9-10(2)18-19-14(13(9)15(20)21)17-8-7-11-3-5-12(16)6-4-11/h3-6H,7-8H2,1-2H3,(H,17,19)(H,20,21). The Labute approximate surface area is 121 Å². The van der Waals surface area contributed by atoms with Crippen LogP contribution in [0.3, 0.4) is 0 Å². The Bertz CT molecular complexity index is 657. The molecular weight excluding hydrogens is 273 g/mol. The largest absolute Gasteiger partial charge is 0.478 e. The number of carboxylic acid groups (broad SMARTS) is 1. The number of aromatic carboxylic acids is 1. The molecular formula is C15H16FN3O2. The van der Waals surface area contributed by atoms with Crippen LogP contribution in [0.25, 0.3) is 0 Å². The van der Waals surface area contributed by atoms with Gasteiger partial charge in [-0.1, -0.05) is 12.1 Å². The van der Waals surface area contributed by atoms with Gasteiger partial charge in [0.15, 0.2) is 5.82 Å². The van der Waals surface area contributed by atoms with E-state index >= 15 is 0 Å².